The fourth-order valence-electron chi connectivity index (χ4n) is 3.64. The molecule has 0 aliphatic heterocycles. The van der Waals surface area contributed by atoms with Gasteiger partial charge in [0.2, 0.25) is 0 Å². The van der Waals surface area contributed by atoms with Crippen LogP contribution in [-0.2, 0) is 6.18 Å². The molecular weight excluding hydrogens is 377 g/mol. The van der Waals surface area contributed by atoms with E-state index in [0.717, 1.165) is 42.6 Å². The summed E-state index contributed by atoms with van der Waals surface area (Å²) in [7, 11) is 0. The number of anilines is 1. The molecule has 0 radical (unpaired) electrons. The Labute approximate surface area is 159 Å². The van der Waals surface area contributed by atoms with Crippen LogP contribution in [-0.4, -0.2) is 20.4 Å². The molecule has 3 heterocycles. The molecule has 1 fully saturated rings. The number of aromatic nitrogens is 3. The molecule has 3 aromatic rings. The third kappa shape index (κ3) is 3.48. The molecule has 142 valence electrons. The van der Waals surface area contributed by atoms with Crippen LogP contribution < -0.4 is 5.32 Å². The topological polar surface area (TPSA) is 42.2 Å². The molecule has 1 saturated carbocycles. The fourth-order valence-corrected chi connectivity index (χ4v) is 3.85. The minimum absolute atomic E-state index is 0.110. The van der Waals surface area contributed by atoms with Crippen LogP contribution in [0.5, 0.6) is 0 Å². The first-order chi connectivity index (χ1) is 12.9. The van der Waals surface area contributed by atoms with Gasteiger partial charge in [0, 0.05) is 24.0 Å². The number of pyridine rings is 2. The quantitative estimate of drug-likeness (QED) is 0.609. The molecule has 1 aliphatic carbocycles. The minimum Gasteiger partial charge on any atom is -0.367 e. The number of nitrogens with one attached hydrogen (secondary N) is 1. The zero-order valence-corrected chi connectivity index (χ0v) is 15.2. The third-order valence-corrected chi connectivity index (χ3v) is 5.21. The minimum atomic E-state index is -4.50. The maximum absolute atomic E-state index is 13.7. The Kier molecular flexibility index (Phi) is 4.72. The first-order valence-corrected chi connectivity index (χ1v) is 9.28. The van der Waals surface area contributed by atoms with E-state index in [-0.39, 0.29) is 11.7 Å². The molecule has 8 heteroatoms. The van der Waals surface area contributed by atoms with Crippen molar-refractivity contribution in [1.82, 2.24) is 14.4 Å². The van der Waals surface area contributed by atoms with Gasteiger partial charge >= 0.3 is 6.18 Å². The highest BCUT2D eigenvalue weighted by Crippen LogP contribution is 2.38. The lowest BCUT2D eigenvalue weighted by Gasteiger charge is -2.25. The van der Waals surface area contributed by atoms with Crippen molar-refractivity contribution in [3.05, 3.63) is 47.4 Å². The van der Waals surface area contributed by atoms with E-state index in [0.29, 0.717) is 22.1 Å². The molecule has 27 heavy (non-hydrogen) atoms. The average Bonchev–Trinajstić information content (AvgIpc) is 3.00. The highest BCUT2D eigenvalue weighted by Gasteiger charge is 2.35. The molecule has 0 unspecified atom stereocenters. The van der Waals surface area contributed by atoms with Gasteiger partial charge in [-0.05, 0) is 31.0 Å². The number of alkyl halides is 3. The van der Waals surface area contributed by atoms with Gasteiger partial charge in [0.05, 0.1) is 5.02 Å². The molecule has 0 spiro atoms. The maximum atomic E-state index is 13.7. The van der Waals surface area contributed by atoms with Crippen LogP contribution in [0.2, 0.25) is 5.02 Å². The number of fused-ring (bicyclic) bond motifs is 1. The van der Waals surface area contributed by atoms with Gasteiger partial charge in [-0.25, -0.2) is 4.98 Å². The molecule has 1 aliphatic rings. The summed E-state index contributed by atoms with van der Waals surface area (Å²) < 4.78 is 42.1. The van der Waals surface area contributed by atoms with Crippen LogP contribution in [0.3, 0.4) is 0 Å². The molecule has 0 bridgehead atoms. The van der Waals surface area contributed by atoms with Gasteiger partial charge in [-0.3, -0.25) is 9.38 Å². The van der Waals surface area contributed by atoms with E-state index in [4.69, 9.17) is 11.6 Å². The van der Waals surface area contributed by atoms with Gasteiger partial charge < -0.3 is 5.32 Å². The molecule has 0 amide bonds. The zero-order chi connectivity index (χ0) is 19.0. The van der Waals surface area contributed by atoms with Gasteiger partial charge in [0.1, 0.15) is 22.9 Å². The molecule has 0 aromatic carbocycles. The molecule has 4 rings (SSSR count). The first kappa shape index (κ1) is 18.1. The summed E-state index contributed by atoms with van der Waals surface area (Å²) in [6, 6.07) is 5.79. The number of halogens is 4. The van der Waals surface area contributed by atoms with Crippen molar-refractivity contribution in [2.24, 2.45) is 0 Å². The number of rotatable bonds is 3. The normalized spacial score (nSPS) is 16.0. The Bertz CT molecular complexity index is 961. The van der Waals surface area contributed by atoms with Crippen LogP contribution in [0.15, 0.2) is 36.7 Å². The summed E-state index contributed by atoms with van der Waals surface area (Å²) in [5.74, 6) is 0.331. The number of nitrogens with zero attached hydrogens (tertiary/aromatic N) is 3. The third-order valence-electron chi connectivity index (χ3n) is 4.91. The van der Waals surface area contributed by atoms with Gasteiger partial charge in [-0.2, -0.15) is 13.2 Å². The van der Waals surface area contributed by atoms with Crippen molar-refractivity contribution in [1.29, 1.82) is 0 Å². The number of hydrogen-bond acceptors (Lipinski definition) is 3. The lowest BCUT2D eigenvalue weighted by atomic mass is 9.95. The monoisotopic (exact) mass is 394 g/mol. The molecule has 4 nitrogen and oxygen atoms in total. The van der Waals surface area contributed by atoms with Crippen LogP contribution in [0.1, 0.15) is 37.8 Å². The van der Waals surface area contributed by atoms with E-state index >= 15 is 0 Å². The molecule has 1 N–H and O–H groups in total. The maximum Gasteiger partial charge on any atom is 0.431 e. The van der Waals surface area contributed by atoms with Crippen LogP contribution in [0, 0.1) is 0 Å². The summed E-state index contributed by atoms with van der Waals surface area (Å²) >= 11 is 6.27. The number of imidazole rings is 1. The van der Waals surface area contributed by atoms with Gasteiger partial charge in [-0.15, -0.1) is 0 Å². The fraction of sp³-hybridized carbons (Fsp3) is 0.368. The van der Waals surface area contributed by atoms with Crippen molar-refractivity contribution >= 4 is 23.1 Å². The van der Waals surface area contributed by atoms with E-state index < -0.39 is 11.9 Å². The summed E-state index contributed by atoms with van der Waals surface area (Å²) in [6.07, 6.45) is 3.65. The van der Waals surface area contributed by atoms with Crippen LogP contribution in [0.25, 0.3) is 16.9 Å². The highest BCUT2D eigenvalue weighted by molar-refractivity contribution is 6.33. The lowest BCUT2D eigenvalue weighted by molar-refractivity contribution is -0.141. The Balaban J connectivity index is 1.94. The number of hydrogen-bond donors (Lipinski definition) is 1. The summed E-state index contributed by atoms with van der Waals surface area (Å²) in [4.78, 5) is 8.43. The summed E-state index contributed by atoms with van der Waals surface area (Å²) in [5.41, 5.74) is 0.430. The SMILES string of the molecule is FC(F)(F)c1cccc2nc(-c3ccncc3Cl)c(NC3CCCCC3)n12. The zero-order valence-electron chi connectivity index (χ0n) is 14.4. The summed E-state index contributed by atoms with van der Waals surface area (Å²) in [6.45, 7) is 0. The van der Waals surface area contributed by atoms with E-state index in [2.05, 4.69) is 15.3 Å². The van der Waals surface area contributed by atoms with E-state index in [1.165, 1.54) is 12.3 Å². The average molecular weight is 395 g/mol. The first-order valence-electron chi connectivity index (χ1n) is 8.90. The van der Waals surface area contributed by atoms with E-state index in [1.54, 1.807) is 18.3 Å². The Hall–Kier alpha value is -2.28. The van der Waals surface area contributed by atoms with E-state index in [9.17, 15) is 13.2 Å². The molecule has 0 atom stereocenters. The highest BCUT2D eigenvalue weighted by atomic mass is 35.5. The predicted octanol–water partition coefficient (Wildman–Crippen LogP) is 5.81. The summed E-state index contributed by atoms with van der Waals surface area (Å²) in [5, 5.41) is 3.68. The standard InChI is InChI=1S/C19H18ClF3N4/c20-14-11-24-10-9-13(14)17-18(25-12-5-2-1-3-6-12)27-15(19(21,22)23)7-4-8-16(27)26-17/h4,7-12,25H,1-3,5-6H2. The van der Waals surface area contributed by atoms with E-state index in [1.807, 2.05) is 0 Å². The largest absolute Gasteiger partial charge is 0.431 e. The van der Waals surface area contributed by atoms with Crippen molar-refractivity contribution < 1.29 is 13.2 Å². The molecule has 0 saturated heterocycles. The second-order valence-corrected chi connectivity index (χ2v) is 7.15. The molecule has 3 aromatic heterocycles. The van der Waals surface area contributed by atoms with Gasteiger partial charge in [-0.1, -0.05) is 36.9 Å². The second kappa shape index (κ2) is 7.03. The van der Waals surface area contributed by atoms with Crippen molar-refractivity contribution in [2.75, 3.05) is 5.32 Å². The molecular formula is C19H18ClF3N4. The van der Waals surface area contributed by atoms with Crippen molar-refractivity contribution in [3.8, 4) is 11.3 Å². The van der Waals surface area contributed by atoms with Gasteiger partial charge in [0.25, 0.3) is 0 Å². The van der Waals surface area contributed by atoms with Crippen LogP contribution in [0.4, 0.5) is 19.0 Å². The second-order valence-electron chi connectivity index (χ2n) is 6.75. The Morgan fingerprint density at radius 3 is 2.59 bits per heavy atom. The van der Waals surface area contributed by atoms with Crippen molar-refractivity contribution in [3.63, 3.8) is 0 Å². The predicted molar refractivity (Wildman–Crippen MR) is 98.9 cm³/mol. The van der Waals surface area contributed by atoms with Crippen LogP contribution >= 0.6 is 11.6 Å². The van der Waals surface area contributed by atoms with Crippen molar-refractivity contribution in [2.45, 2.75) is 44.3 Å². The van der Waals surface area contributed by atoms with Gasteiger partial charge in [0.15, 0.2) is 0 Å². The Morgan fingerprint density at radius 2 is 1.89 bits per heavy atom. The lowest BCUT2D eigenvalue weighted by Crippen LogP contribution is -2.24. The smallest absolute Gasteiger partial charge is 0.367 e. The Morgan fingerprint density at radius 1 is 1.11 bits per heavy atom.